The average molecular weight is 168 g/mol. The molecule has 1 unspecified atom stereocenters. The minimum atomic E-state index is 0.424. The second-order valence-electron chi connectivity index (χ2n) is 4.31. The van der Waals surface area contributed by atoms with Crippen LogP contribution in [0.1, 0.15) is 32.1 Å². The molecule has 12 heavy (non-hydrogen) atoms. The number of fused-ring (bicyclic) bond motifs is 1. The van der Waals surface area contributed by atoms with Gasteiger partial charge in [-0.15, -0.1) is 0 Å². The smallest absolute Gasteiger partial charge is 0.147 e. The topological polar surface area (TPSA) is 21.5 Å². The minimum Gasteiger partial charge on any atom is -0.334 e. The van der Waals surface area contributed by atoms with Gasteiger partial charge in [0.15, 0.2) is 0 Å². The Morgan fingerprint density at radius 1 is 1.33 bits per heavy atom. The van der Waals surface area contributed by atoms with Crippen LogP contribution in [0.15, 0.2) is 0 Å². The number of likely N-dealkylation sites (tertiary alicyclic amines) is 1. The second-order valence-corrected chi connectivity index (χ2v) is 4.31. The first kappa shape index (κ1) is 8.24. The van der Waals surface area contributed by atoms with Gasteiger partial charge >= 0.3 is 0 Å². The molecular weight excluding hydrogens is 150 g/mol. The maximum atomic E-state index is 11.6. The minimum absolute atomic E-state index is 0.424. The summed E-state index contributed by atoms with van der Waals surface area (Å²) in [6, 6.07) is 0.667. The van der Waals surface area contributed by atoms with E-state index in [1.54, 1.807) is 4.90 Å². The van der Waals surface area contributed by atoms with Crippen molar-refractivity contribution >= 4 is 5.78 Å². The molecule has 1 saturated heterocycles. The molecule has 68 valence electrons. The standard InChI is InChI=1S/C10H17NO/c1-11-7-6-10(12)8-4-2-3-5-9(8)11/h8-9H,2-7H2,1H3/p+1/t8-,9+/m1/s1. The normalized spacial score (nSPS) is 42.4. The molecule has 0 radical (unpaired) electrons. The van der Waals surface area contributed by atoms with Crippen molar-refractivity contribution in [3.05, 3.63) is 0 Å². The first-order chi connectivity index (χ1) is 5.79. The maximum absolute atomic E-state index is 11.6. The molecule has 2 nitrogen and oxygen atoms in total. The molecule has 1 N–H and O–H groups in total. The molecular formula is C10H18NO+. The molecule has 0 amide bonds. The summed E-state index contributed by atoms with van der Waals surface area (Å²) in [5, 5.41) is 0. The summed E-state index contributed by atoms with van der Waals surface area (Å²) in [6.07, 6.45) is 5.89. The number of carbonyl (C=O) groups is 1. The van der Waals surface area contributed by atoms with E-state index in [-0.39, 0.29) is 0 Å². The lowest BCUT2D eigenvalue weighted by Crippen LogP contribution is -3.15. The summed E-state index contributed by atoms with van der Waals surface area (Å²) in [5.41, 5.74) is 0. The van der Waals surface area contributed by atoms with Gasteiger partial charge in [0.05, 0.1) is 32.0 Å². The molecule has 1 aliphatic carbocycles. The number of piperidine rings is 1. The lowest BCUT2D eigenvalue weighted by atomic mass is 9.78. The zero-order valence-corrected chi connectivity index (χ0v) is 7.81. The Labute approximate surface area is 73.9 Å². The van der Waals surface area contributed by atoms with E-state index in [1.165, 1.54) is 25.7 Å². The van der Waals surface area contributed by atoms with Gasteiger partial charge in [0, 0.05) is 6.42 Å². The number of quaternary nitrogens is 1. The third-order valence-corrected chi connectivity index (χ3v) is 3.58. The molecule has 1 saturated carbocycles. The van der Waals surface area contributed by atoms with Gasteiger partial charge in [-0.2, -0.15) is 0 Å². The van der Waals surface area contributed by atoms with Gasteiger partial charge < -0.3 is 4.90 Å². The van der Waals surface area contributed by atoms with Gasteiger partial charge in [0.1, 0.15) is 5.78 Å². The van der Waals surface area contributed by atoms with Crippen LogP contribution in [0.2, 0.25) is 0 Å². The molecule has 0 aromatic heterocycles. The summed E-state index contributed by atoms with van der Waals surface area (Å²) in [4.78, 5) is 13.2. The molecule has 3 atom stereocenters. The predicted molar refractivity (Wildman–Crippen MR) is 47.1 cm³/mol. The summed E-state index contributed by atoms with van der Waals surface area (Å²) < 4.78 is 0. The number of hydrogen-bond acceptors (Lipinski definition) is 1. The summed E-state index contributed by atoms with van der Waals surface area (Å²) in [5.74, 6) is 0.970. The van der Waals surface area contributed by atoms with Gasteiger partial charge in [-0.3, -0.25) is 4.79 Å². The molecule has 0 aromatic rings. The van der Waals surface area contributed by atoms with Crippen molar-refractivity contribution in [2.75, 3.05) is 13.6 Å². The number of carbonyl (C=O) groups excluding carboxylic acids is 1. The van der Waals surface area contributed by atoms with Crippen molar-refractivity contribution in [3.63, 3.8) is 0 Å². The Morgan fingerprint density at radius 2 is 2.08 bits per heavy atom. The molecule has 1 aliphatic heterocycles. The Bertz CT molecular complexity index is 190. The Morgan fingerprint density at radius 3 is 2.83 bits per heavy atom. The van der Waals surface area contributed by atoms with Crippen molar-refractivity contribution in [1.82, 2.24) is 0 Å². The lowest BCUT2D eigenvalue weighted by molar-refractivity contribution is -0.912. The van der Waals surface area contributed by atoms with Crippen LogP contribution in [0.4, 0.5) is 0 Å². The summed E-state index contributed by atoms with van der Waals surface area (Å²) in [7, 11) is 2.25. The van der Waals surface area contributed by atoms with E-state index in [2.05, 4.69) is 7.05 Å². The average Bonchev–Trinajstić information content (AvgIpc) is 2.12. The van der Waals surface area contributed by atoms with E-state index in [0.29, 0.717) is 17.7 Å². The fourth-order valence-corrected chi connectivity index (χ4v) is 2.80. The summed E-state index contributed by atoms with van der Waals surface area (Å²) >= 11 is 0. The van der Waals surface area contributed by atoms with Crippen LogP contribution >= 0.6 is 0 Å². The fraction of sp³-hybridized carbons (Fsp3) is 0.900. The number of Topliss-reactive ketones (excluding diaryl/α,β-unsaturated/α-hetero) is 1. The Hall–Kier alpha value is -0.370. The van der Waals surface area contributed by atoms with Gasteiger partial charge in [0.25, 0.3) is 0 Å². The third-order valence-electron chi connectivity index (χ3n) is 3.58. The molecule has 0 bridgehead atoms. The van der Waals surface area contributed by atoms with E-state index < -0.39 is 0 Å². The highest BCUT2D eigenvalue weighted by Gasteiger charge is 2.39. The number of nitrogens with one attached hydrogen (secondary N) is 1. The second kappa shape index (κ2) is 3.17. The van der Waals surface area contributed by atoms with Crippen LogP contribution in [0.25, 0.3) is 0 Å². The Balaban J connectivity index is 2.11. The largest absolute Gasteiger partial charge is 0.334 e. The van der Waals surface area contributed by atoms with E-state index in [1.807, 2.05) is 0 Å². The van der Waals surface area contributed by atoms with Crippen molar-refractivity contribution < 1.29 is 9.69 Å². The monoisotopic (exact) mass is 168 g/mol. The van der Waals surface area contributed by atoms with E-state index in [4.69, 9.17) is 0 Å². The first-order valence-electron chi connectivity index (χ1n) is 5.14. The molecule has 2 aliphatic rings. The van der Waals surface area contributed by atoms with E-state index >= 15 is 0 Å². The van der Waals surface area contributed by atoms with Crippen molar-refractivity contribution in [1.29, 1.82) is 0 Å². The highest BCUT2D eigenvalue weighted by atomic mass is 16.1. The lowest BCUT2D eigenvalue weighted by Gasteiger charge is -2.38. The van der Waals surface area contributed by atoms with Gasteiger partial charge in [-0.05, 0) is 12.8 Å². The number of rotatable bonds is 0. The highest BCUT2D eigenvalue weighted by molar-refractivity contribution is 5.82. The first-order valence-corrected chi connectivity index (χ1v) is 5.14. The quantitative estimate of drug-likeness (QED) is 0.541. The van der Waals surface area contributed by atoms with E-state index in [0.717, 1.165) is 13.0 Å². The SMILES string of the molecule is C[NH+]1CCC(=O)[C@@H]2CCCC[C@@H]21. The van der Waals surface area contributed by atoms with Crippen LogP contribution in [0.3, 0.4) is 0 Å². The Kier molecular flexibility index (Phi) is 2.18. The maximum Gasteiger partial charge on any atom is 0.147 e. The zero-order chi connectivity index (χ0) is 8.55. The molecule has 2 rings (SSSR count). The molecule has 2 fully saturated rings. The summed E-state index contributed by atoms with van der Waals surface area (Å²) in [6.45, 7) is 1.07. The van der Waals surface area contributed by atoms with Crippen LogP contribution in [0.5, 0.6) is 0 Å². The van der Waals surface area contributed by atoms with Crippen molar-refractivity contribution in [2.24, 2.45) is 5.92 Å². The fourth-order valence-electron chi connectivity index (χ4n) is 2.80. The zero-order valence-electron chi connectivity index (χ0n) is 7.81. The molecule has 0 spiro atoms. The third kappa shape index (κ3) is 1.28. The molecule has 0 aromatic carbocycles. The number of ketones is 1. The highest BCUT2D eigenvalue weighted by Crippen LogP contribution is 2.25. The van der Waals surface area contributed by atoms with Crippen LogP contribution in [-0.2, 0) is 4.79 Å². The van der Waals surface area contributed by atoms with Gasteiger partial charge in [-0.25, -0.2) is 0 Å². The van der Waals surface area contributed by atoms with Crippen LogP contribution < -0.4 is 4.90 Å². The van der Waals surface area contributed by atoms with Crippen molar-refractivity contribution in [2.45, 2.75) is 38.1 Å². The van der Waals surface area contributed by atoms with E-state index in [9.17, 15) is 4.79 Å². The number of hydrogen-bond donors (Lipinski definition) is 1. The van der Waals surface area contributed by atoms with Crippen LogP contribution in [0, 0.1) is 5.92 Å². The van der Waals surface area contributed by atoms with Gasteiger partial charge in [-0.1, -0.05) is 6.42 Å². The van der Waals surface area contributed by atoms with Crippen LogP contribution in [-0.4, -0.2) is 25.4 Å². The predicted octanol–water partition coefficient (Wildman–Crippen LogP) is 0.0327. The molecule has 1 heterocycles. The van der Waals surface area contributed by atoms with Gasteiger partial charge in [0.2, 0.25) is 0 Å². The van der Waals surface area contributed by atoms with Crippen molar-refractivity contribution in [3.8, 4) is 0 Å². The molecule has 2 heteroatoms.